The van der Waals surface area contributed by atoms with Gasteiger partial charge >= 0.3 is 5.97 Å². The number of aromatic carboxylic acids is 1. The number of carboxylic acids is 1. The fourth-order valence-electron chi connectivity index (χ4n) is 1.74. The number of ether oxygens (including phenoxy) is 1. The molecule has 0 radical (unpaired) electrons. The first kappa shape index (κ1) is 11.6. The molecule has 0 atom stereocenters. The van der Waals surface area contributed by atoms with Crippen LogP contribution in [0.15, 0.2) is 24.4 Å². The van der Waals surface area contributed by atoms with Gasteiger partial charge < -0.3 is 9.84 Å². The van der Waals surface area contributed by atoms with Crippen LogP contribution in [-0.4, -0.2) is 34.6 Å². The van der Waals surface area contributed by atoms with E-state index < -0.39 is 5.97 Å². The van der Waals surface area contributed by atoms with E-state index in [1.54, 1.807) is 36.2 Å². The van der Waals surface area contributed by atoms with E-state index >= 15 is 0 Å². The Morgan fingerprint density at radius 2 is 2.35 bits per heavy atom. The molecule has 90 valence electrons. The third-order valence-corrected chi connectivity index (χ3v) is 2.61. The summed E-state index contributed by atoms with van der Waals surface area (Å²) in [5.41, 5.74) is 1.13. The summed E-state index contributed by atoms with van der Waals surface area (Å²) in [7, 11) is 1.66. The van der Waals surface area contributed by atoms with Gasteiger partial charge in [-0.1, -0.05) is 6.07 Å². The maximum atomic E-state index is 10.9. The molecule has 0 saturated carbocycles. The van der Waals surface area contributed by atoms with Crippen molar-refractivity contribution >= 4 is 16.9 Å². The number of methoxy groups -OCH3 is 1. The largest absolute Gasteiger partial charge is 0.478 e. The molecule has 2 rings (SSSR count). The molecule has 0 unspecified atom stereocenters. The number of aryl methyl sites for hydroxylation is 1. The minimum atomic E-state index is -0.920. The molecule has 0 saturated heterocycles. The van der Waals surface area contributed by atoms with Gasteiger partial charge in [-0.15, -0.1) is 0 Å². The Morgan fingerprint density at radius 1 is 1.53 bits per heavy atom. The highest BCUT2D eigenvalue weighted by atomic mass is 16.5. The molecule has 5 nitrogen and oxygen atoms in total. The monoisotopic (exact) mass is 234 g/mol. The molecule has 0 amide bonds. The van der Waals surface area contributed by atoms with E-state index in [-0.39, 0.29) is 5.56 Å². The van der Waals surface area contributed by atoms with Crippen LogP contribution in [0.25, 0.3) is 10.9 Å². The first-order chi connectivity index (χ1) is 8.22. The van der Waals surface area contributed by atoms with E-state index in [0.717, 1.165) is 23.9 Å². The van der Waals surface area contributed by atoms with Gasteiger partial charge in [0.1, 0.15) is 0 Å². The molecule has 5 heteroatoms. The second-order valence-electron chi connectivity index (χ2n) is 3.79. The minimum absolute atomic E-state index is 0.283. The third kappa shape index (κ3) is 2.45. The van der Waals surface area contributed by atoms with Crippen LogP contribution < -0.4 is 0 Å². The van der Waals surface area contributed by atoms with Crippen LogP contribution >= 0.6 is 0 Å². The van der Waals surface area contributed by atoms with Gasteiger partial charge in [-0.05, 0) is 18.6 Å². The van der Waals surface area contributed by atoms with Crippen molar-refractivity contribution in [3.8, 4) is 0 Å². The summed E-state index contributed by atoms with van der Waals surface area (Å²) < 4.78 is 6.79. The summed E-state index contributed by atoms with van der Waals surface area (Å²) in [4.78, 5) is 10.9. The summed E-state index contributed by atoms with van der Waals surface area (Å²) in [6.45, 7) is 1.39. The number of hydrogen-bond donors (Lipinski definition) is 1. The highest BCUT2D eigenvalue weighted by Gasteiger charge is 2.07. The van der Waals surface area contributed by atoms with E-state index in [9.17, 15) is 4.79 Å². The summed E-state index contributed by atoms with van der Waals surface area (Å²) in [6, 6.07) is 5.02. The number of benzene rings is 1. The number of fused-ring (bicyclic) bond motifs is 1. The van der Waals surface area contributed by atoms with E-state index in [2.05, 4.69) is 5.10 Å². The molecule has 0 aliphatic carbocycles. The number of nitrogens with zero attached hydrogens (tertiary/aromatic N) is 2. The molecule has 1 aromatic heterocycles. The van der Waals surface area contributed by atoms with Gasteiger partial charge in [0.05, 0.1) is 17.3 Å². The predicted molar refractivity (Wildman–Crippen MR) is 63.2 cm³/mol. The second kappa shape index (κ2) is 4.97. The van der Waals surface area contributed by atoms with Crippen LogP contribution in [0.1, 0.15) is 16.8 Å². The van der Waals surface area contributed by atoms with Crippen molar-refractivity contribution in [1.82, 2.24) is 9.78 Å². The Labute approximate surface area is 98.6 Å². The van der Waals surface area contributed by atoms with Crippen molar-refractivity contribution in [2.75, 3.05) is 13.7 Å². The summed E-state index contributed by atoms with van der Waals surface area (Å²) in [5, 5.41) is 14.1. The normalized spacial score (nSPS) is 10.9. The van der Waals surface area contributed by atoms with E-state index in [1.165, 1.54) is 0 Å². The van der Waals surface area contributed by atoms with Crippen molar-refractivity contribution in [3.63, 3.8) is 0 Å². The number of carbonyl (C=O) groups is 1. The predicted octanol–water partition coefficient (Wildman–Crippen LogP) is 1.77. The fourth-order valence-corrected chi connectivity index (χ4v) is 1.74. The van der Waals surface area contributed by atoms with Crippen molar-refractivity contribution in [2.24, 2.45) is 0 Å². The Kier molecular flexibility index (Phi) is 3.39. The number of carboxylic acid groups (broad SMARTS) is 1. The first-order valence-corrected chi connectivity index (χ1v) is 5.40. The maximum absolute atomic E-state index is 10.9. The van der Waals surface area contributed by atoms with Gasteiger partial charge in [-0.25, -0.2) is 4.79 Å². The van der Waals surface area contributed by atoms with Gasteiger partial charge in [0.2, 0.25) is 0 Å². The molecule has 1 aromatic carbocycles. The summed E-state index contributed by atoms with van der Waals surface area (Å²) in [5.74, 6) is -0.920. The lowest BCUT2D eigenvalue weighted by atomic mass is 10.2. The Hall–Kier alpha value is -1.88. The average molecular weight is 234 g/mol. The summed E-state index contributed by atoms with van der Waals surface area (Å²) >= 11 is 0. The van der Waals surface area contributed by atoms with Crippen LogP contribution in [0.2, 0.25) is 0 Å². The zero-order valence-corrected chi connectivity index (χ0v) is 9.59. The van der Waals surface area contributed by atoms with Gasteiger partial charge in [-0.3, -0.25) is 4.68 Å². The van der Waals surface area contributed by atoms with Crippen LogP contribution in [-0.2, 0) is 11.3 Å². The third-order valence-electron chi connectivity index (χ3n) is 2.61. The molecular formula is C12H14N2O3. The average Bonchev–Trinajstić information content (AvgIpc) is 2.72. The van der Waals surface area contributed by atoms with Crippen LogP contribution in [0.4, 0.5) is 0 Å². The van der Waals surface area contributed by atoms with Gasteiger partial charge in [-0.2, -0.15) is 5.10 Å². The topological polar surface area (TPSA) is 64.4 Å². The molecule has 0 bridgehead atoms. The highest BCUT2D eigenvalue weighted by molar-refractivity contribution is 5.93. The SMILES string of the molecule is COCCCn1ncc2ccc(C(=O)O)cc21. The zero-order chi connectivity index (χ0) is 12.3. The molecule has 0 fully saturated rings. The number of rotatable bonds is 5. The maximum Gasteiger partial charge on any atom is 0.335 e. The molecule has 0 aliphatic heterocycles. The molecule has 0 spiro atoms. The number of hydrogen-bond acceptors (Lipinski definition) is 3. The lowest BCUT2D eigenvalue weighted by Crippen LogP contribution is -2.03. The number of aromatic nitrogens is 2. The van der Waals surface area contributed by atoms with E-state index in [1.807, 2.05) is 0 Å². The summed E-state index contributed by atoms with van der Waals surface area (Å²) in [6.07, 6.45) is 2.60. The smallest absolute Gasteiger partial charge is 0.335 e. The van der Waals surface area contributed by atoms with Crippen molar-refractivity contribution in [2.45, 2.75) is 13.0 Å². The Bertz CT molecular complexity index is 534. The zero-order valence-electron chi connectivity index (χ0n) is 9.59. The van der Waals surface area contributed by atoms with Crippen LogP contribution in [0.3, 0.4) is 0 Å². The van der Waals surface area contributed by atoms with Gasteiger partial charge in [0, 0.05) is 25.6 Å². The minimum Gasteiger partial charge on any atom is -0.478 e. The molecule has 0 aliphatic rings. The van der Waals surface area contributed by atoms with E-state index in [0.29, 0.717) is 6.61 Å². The van der Waals surface area contributed by atoms with Gasteiger partial charge in [0.25, 0.3) is 0 Å². The second-order valence-corrected chi connectivity index (χ2v) is 3.79. The quantitative estimate of drug-likeness (QED) is 0.801. The molecule has 1 heterocycles. The standard InChI is InChI=1S/C12H14N2O3/c1-17-6-2-5-14-11-7-9(12(15)16)3-4-10(11)8-13-14/h3-4,7-8H,2,5-6H2,1H3,(H,15,16). The van der Waals surface area contributed by atoms with Gasteiger partial charge in [0.15, 0.2) is 0 Å². The van der Waals surface area contributed by atoms with E-state index in [4.69, 9.17) is 9.84 Å². The van der Waals surface area contributed by atoms with Crippen molar-refractivity contribution < 1.29 is 14.6 Å². The first-order valence-electron chi connectivity index (χ1n) is 5.40. The highest BCUT2D eigenvalue weighted by Crippen LogP contribution is 2.16. The Morgan fingerprint density at radius 3 is 3.06 bits per heavy atom. The molecule has 17 heavy (non-hydrogen) atoms. The van der Waals surface area contributed by atoms with Crippen LogP contribution in [0, 0.1) is 0 Å². The molecular weight excluding hydrogens is 220 g/mol. The van der Waals surface area contributed by atoms with Crippen molar-refractivity contribution in [3.05, 3.63) is 30.0 Å². The molecule has 1 N–H and O–H groups in total. The van der Waals surface area contributed by atoms with Crippen LogP contribution in [0.5, 0.6) is 0 Å². The Balaban J connectivity index is 2.30. The van der Waals surface area contributed by atoms with Crippen molar-refractivity contribution in [1.29, 1.82) is 0 Å². The lowest BCUT2D eigenvalue weighted by Gasteiger charge is -2.03. The lowest BCUT2D eigenvalue weighted by molar-refractivity contribution is 0.0697. The molecule has 2 aromatic rings. The fraction of sp³-hybridized carbons (Fsp3) is 0.333.